The number of hydrogen-bond donors (Lipinski definition) is 5. The zero-order valence-corrected chi connectivity index (χ0v) is 12.7. The highest BCUT2D eigenvalue weighted by atomic mass is 16.4. The van der Waals surface area contributed by atoms with Crippen LogP contribution in [-0.4, -0.2) is 44.4 Å². The second kappa shape index (κ2) is 7.90. The highest BCUT2D eigenvalue weighted by Gasteiger charge is 2.09. The Bertz CT molecular complexity index is 809. The molecule has 2 heterocycles. The Balaban J connectivity index is 1.74. The summed E-state index contributed by atoms with van der Waals surface area (Å²) in [6.45, 7) is 0.256. The van der Waals surface area contributed by atoms with Gasteiger partial charge in [-0.1, -0.05) is 0 Å². The van der Waals surface area contributed by atoms with E-state index in [1.807, 2.05) is 0 Å². The maximum atomic E-state index is 11.8. The zero-order chi connectivity index (χ0) is 17.5. The monoisotopic (exact) mass is 335 g/mol. The van der Waals surface area contributed by atoms with E-state index in [0.717, 1.165) is 0 Å². The molecule has 0 bridgehead atoms. The number of carbonyl (C=O) groups is 3. The number of nitrogens with one attached hydrogen (secondary N) is 4. The van der Waals surface area contributed by atoms with Crippen molar-refractivity contribution in [2.45, 2.75) is 25.7 Å². The Kier molecular flexibility index (Phi) is 5.66. The zero-order valence-electron chi connectivity index (χ0n) is 12.7. The maximum Gasteiger partial charge on any atom is 0.325 e. The van der Waals surface area contributed by atoms with Crippen molar-refractivity contribution in [3.63, 3.8) is 0 Å². The largest absolute Gasteiger partial charge is 0.481 e. The minimum atomic E-state index is -0.920. The summed E-state index contributed by atoms with van der Waals surface area (Å²) in [5.41, 5.74) is 0.466. The van der Waals surface area contributed by atoms with Gasteiger partial charge >= 0.3 is 11.7 Å². The second-order valence-corrected chi connectivity index (χ2v) is 5.07. The molecule has 24 heavy (non-hydrogen) atoms. The van der Waals surface area contributed by atoms with Crippen molar-refractivity contribution in [3.8, 4) is 0 Å². The number of nitrogens with zero attached hydrogens (tertiary/aromatic N) is 1. The van der Waals surface area contributed by atoms with Gasteiger partial charge in [0.2, 0.25) is 11.8 Å². The SMILES string of the molecule is O=C(O)CCCNC(=O)CCC(=O)Nc1ccc2[nH]c(=O)[nH]c2n1. The van der Waals surface area contributed by atoms with Gasteiger partial charge in [0.25, 0.3) is 0 Å². The topological polar surface area (TPSA) is 157 Å². The van der Waals surface area contributed by atoms with E-state index in [9.17, 15) is 19.2 Å². The lowest BCUT2D eigenvalue weighted by atomic mass is 10.2. The third kappa shape index (κ3) is 5.23. The van der Waals surface area contributed by atoms with E-state index in [0.29, 0.717) is 17.6 Å². The molecule has 5 N–H and O–H groups in total. The minimum Gasteiger partial charge on any atom is -0.481 e. The summed E-state index contributed by atoms with van der Waals surface area (Å²) >= 11 is 0. The van der Waals surface area contributed by atoms with Crippen LogP contribution in [0.25, 0.3) is 11.2 Å². The van der Waals surface area contributed by atoms with Crippen LogP contribution < -0.4 is 16.3 Å². The number of H-pyrrole nitrogens is 2. The number of aliphatic carboxylic acids is 1. The lowest BCUT2D eigenvalue weighted by molar-refractivity contribution is -0.137. The maximum absolute atomic E-state index is 11.8. The quantitative estimate of drug-likeness (QED) is 0.426. The van der Waals surface area contributed by atoms with Crippen LogP contribution in [0.1, 0.15) is 25.7 Å². The van der Waals surface area contributed by atoms with Gasteiger partial charge in [0.15, 0.2) is 5.65 Å². The summed E-state index contributed by atoms with van der Waals surface area (Å²) in [4.78, 5) is 53.8. The van der Waals surface area contributed by atoms with Crippen molar-refractivity contribution in [1.82, 2.24) is 20.3 Å². The van der Waals surface area contributed by atoms with Crippen LogP contribution >= 0.6 is 0 Å². The first-order valence-electron chi connectivity index (χ1n) is 7.31. The molecule has 0 aliphatic carbocycles. The molecule has 2 aromatic rings. The molecule has 0 aromatic carbocycles. The molecule has 10 heteroatoms. The number of pyridine rings is 1. The number of aromatic amines is 2. The molecule has 0 saturated carbocycles. The summed E-state index contributed by atoms with van der Waals surface area (Å²) < 4.78 is 0. The number of anilines is 1. The van der Waals surface area contributed by atoms with Crippen molar-refractivity contribution >= 4 is 34.8 Å². The van der Waals surface area contributed by atoms with Crippen LogP contribution in [0.2, 0.25) is 0 Å². The Morgan fingerprint density at radius 2 is 1.83 bits per heavy atom. The number of fused-ring (bicyclic) bond motifs is 1. The number of aromatic nitrogens is 3. The minimum absolute atomic E-state index is 0.0118. The summed E-state index contributed by atoms with van der Waals surface area (Å²) in [5, 5.41) is 13.5. The van der Waals surface area contributed by atoms with Crippen molar-refractivity contribution in [3.05, 3.63) is 22.6 Å². The fraction of sp³-hybridized carbons (Fsp3) is 0.357. The molecule has 0 radical (unpaired) electrons. The number of rotatable bonds is 8. The molecule has 2 amide bonds. The normalized spacial score (nSPS) is 10.5. The fourth-order valence-corrected chi connectivity index (χ4v) is 1.97. The number of amides is 2. The molecular formula is C14H17N5O5. The average molecular weight is 335 g/mol. The first kappa shape index (κ1) is 17.2. The molecule has 0 fully saturated rings. The van der Waals surface area contributed by atoms with Crippen LogP contribution in [0.5, 0.6) is 0 Å². The fourth-order valence-electron chi connectivity index (χ4n) is 1.97. The van der Waals surface area contributed by atoms with Gasteiger partial charge in [0.1, 0.15) is 5.82 Å². The number of carbonyl (C=O) groups excluding carboxylic acids is 2. The molecule has 2 rings (SSSR count). The third-order valence-electron chi connectivity index (χ3n) is 3.11. The highest BCUT2D eigenvalue weighted by molar-refractivity contribution is 5.93. The van der Waals surface area contributed by atoms with Crippen molar-refractivity contribution in [2.24, 2.45) is 0 Å². The predicted molar refractivity (Wildman–Crippen MR) is 84.5 cm³/mol. The van der Waals surface area contributed by atoms with Crippen LogP contribution in [0.4, 0.5) is 5.82 Å². The molecule has 0 atom stereocenters. The number of hydrogen-bond acceptors (Lipinski definition) is 5. The van der Waals surface area contributed by atoms with Crippen molar-refractivity contribution < 1.29 is 19.5 Å². The van der Waals surface area contributed by atoms with Gasteiger partial charge in [0, 0.05) is 25.8 Å². The number of imidazole rings is 1. The summed E-state index contributed by atoms with van der Waals surface area (Å²) in [6.07, 6.45) is 0.276. The molecule has 10 nitrogen and oxygen atoms in total. The first-order chi connectivity index (χ1) is 11.4. The van der Waals surface area contributed by atoms with Gasteiger partial charge < -0.3 is 20.7 Å². The van der Waals surface area contributed by atoms with E-state index in [2.05, 4.69) is 25.6 Å². The third-order valence-corrected chi connectivity index (χ3v) is 3.11. The molecule has 0 saturated heterocycles. The van der Waals surface area contributed by atoms with E-state index in [4.69, 9.17) is 5.11 Å². The number of carboxylic acids is 1. The highest BCUT2D eigenvalue weighted by Crippen LogP contribution is 2.09. The van der Waals surface area contributed by atoms with E-state index in [-0.39, 0.29) is 49.1 Å². The van der Waals surface area contributed by atoms with Gasteiger partial charge in [0.05, 0.1) is 5.52 Å². The van der Waals surface area contributed by atoms with E-state index in [1.54, 1.807) is 6.07 Å². The van der Waals surface area contributed by atoms with Crippen LogP contribution in [0.3, 0.4) is 0 Å². The molecule has 0 aliphatic rings. The standard InChI is InChI=1S/C14H17N5O5/c20-10(15-7-1-2-12(22)23)5-6-11(21)17-9-4-3-8-13(18-9)19-14(24)16-8/h3-4H,1-2,5-7H2,(H,15,20)(H,22,23)(H3,16,17,18,19,21,24). The predicted octanol–water partition coefficient (Wildman–Crippen LogP) is -0.0491. The van der Waals surface area contributed by atoms with Crippen molar-refractivity contribution in [2.75, 3.05) is 11.9 Å². The molecule has 0 aliphatic heterocycles. The van der Waals surface area contributed by atoms with Crippen molar-refractivity contribution in [1.29, 1.82) is 0 Å². The van der Waals surface area contributed by atoms with Gasteiger partial charge in [-0.2, -0.15) is 0 Å². The van der Waals surface area contributed by atoms with Gasteiger partial charge in [-0.25, -0.2) is 9.78 Å². The molecule has 128 valence electrons. The lowest BCUT2D eigenvalue weighted by Crippen LogP contribution is -2.26. The van der Waals surface area contributed by atoms with Crippen LogP contribution in [0.15, 0.2) is 16.9 Å². The summed E-state index contributed by atoms with van der Waals surface area (Å²) in [7, 11) is 0. The Hall–Kier alpha value is -3.17. The molecular weight excluding hydrogens is 318 g/mol. The Morgan fingerprint density at radius 3 is 2.58 bits per heavy atom. The molecule has 2 aromatic heterocycles. The summed E-state index contributed by atoms with van der Waals surface area (Å²) in [6, 6.07) is 3.14. The van der Waals surface area contributed by atoms with Gasteiger partial charge in [-0.05, 0) is 18.6 Å². The van der Waals surface area contributed by atoms with E-state index >= 15 is 0 Å². The van der Waals surface area contributed by atoms with E-state index < -0.39 is 5.97 Å². The number of carboxylic acid groups (broad SMARTS) is 1. The average Bonchev–Trinajstić information content (AvgIpc) is 2.88. The van der Waals surface area contributed by atoms with Gasteiger partial charge in [-0.15, -0.1) is 0 Å². The molecule has 0 spiro atoms. The van der Waals surface area contributed by atoms with Crippen LogP contribution in [0, 0.1) is 0 Å². The first-order valence-corrected chi connectivity index (χ1v) is 7.31. The second-order valence-electron chi connectivity index (χ2n) is 5.07. The van der Waals surface area contributed by atoms with Gasteiger partial charge in [-0.3, -0.25) is 19.4 Å². The summed E-state index contributed by atoms with van der Waals surface area (Å²) in [5.74, 6) is -1.36. The van der Waals surface area contributed by atoms with E-state index in [1.165, 1.54) is 6.07 Å². The Morgan fingerprint density at radius 1 is 1.08 bits per heavy atom. The Labute approximate surface area is 135 Å². The van der Waals surface area contributed by atoms with Crippen LogP contribution in [-0.2, 0) is 14.4 Å². The molecule has 0 unspecified atom stereocenters. The lowest BCUT2D eigenvalue weighted by Gasteiger charge is -2.05. The smallest absolute Gasteiger partial charge is 0.325 e.